The van der Waals surface area contributed by atoms with Crippen molar-refractivity contribution in [3.8, 4) is 21.8 Å². The Morgan fingerprint density at radius 2 is 1.60 bits per heavy atom. The number of Topliss-reactive ketones (excluding diaryl/α,β-unsaturated/α-hetero) is 1. The predicted molar refractivity (Wildman–Crippen MR) is 176 cm³/mol. The molecule has 2 atom stereocenters. The van der Waals surface area contributed by atoms with Gasteiger partial charge >= 0.3 is 0 Å². The molecule has 1 unspecified atom stereocenters. The number of aromatic nitrogens is 1. The van der Waals surface area contributed by atoms with E-state index < -0.39 is 11.6 Å². The number of ketones is 1. The van der Waals surface area contributed by atoms with Gasteiger partial charge in [0, 0.05) is 34.4 Å². The number of nitrogens with one attached hydrogen (secondary N) is 3. The first-order valence-corrected chi connectivity index (χ1v) is 16.1. The molecule has 3 amide bonds. The molecule has 45 heavy (non-hydrogen) atoms. The molecule has 230 valence electrons. The summed E-state index contributed by atoms with van der Waals surface area (Å²) < 4.78 is 0. The summed E-state index contributed by atoms with van der Waals surface area (Å²) in [5.41, 5.74) is 3.71. The molecule has 3 heterocycles. The predicted octanol–water partition coefficient (Wildman–Crippen LogP) is 5.30. The SMILES string of the molecule is CC(=O)C1(C(=O)Nc2ccc(-c3nc(-c4ccc(NC(=O)[C@@H]5CCCN5C(=O)Cc5ccccc5)cc4)cs3)cc2)CCCN1. The molecule has 2 fully saturated rings. The molecule has 0 radical (unpaired) electrons. The number of anilines is 2. The van der Waals surface area contributed by atoms with E-state index in [-0.39, 0.29) is 29.9 Å². The molecule has 2 aliphatic heterocycles. The first-order chi connectivity index (χ1) is 21.8. The summed E-state index contributed by atoms with van der Waals surface area (Å²) in [5.74, 6) is -0.705. The third-order valence-corrected chi connectivity index (χ3v) is 9.45. The maximum Gasteiger partial charge on any atom is 0.252 e. The standard InChI is InChI=1S/C35H35N5O4S/c1-23(41)35(18-6-19-36-35)34(44)38-28-16-12-26(13-17-28)33-39-29(22-45-33)25-10-14-27(15-11-25)37-32(43)30-9-5-20-40(30)31(42)21-24-7-3-2-4-8-24/h2-4,7-8,10-17,22,30,36H,5-6,9,18-21H2,1H3,(H,37,43)(H,38,44)/t30-,35?/m0/s1. The monoisotopic (exact) mass is 621 g/mol. The quantitative estimate of drug-likeness (QED) is 0.218. The van der Waals surface area contributed by atoms with Crippen LogP contribution >= 0.6 is 11.3 Å². The minimum atomic E-state index is -1.15. The molecule has 1 aromatic heterocycles. The van der Waals surface area contributed by atoms with Crippen molar-refractivity contribution in [2.45, 2.75) is 50.6 Å². The molecule has 0 spiro atoms. The second kappa shape index (κ2) is 13.1. The van der Waals surface area contributed by atoms with Crippen LogP contribution in [-0.2, 0) is 25.6 Å². The number of carbonyl (C=O) groups is 4. The summed E-state index contributed by atoms with van der Waals surface area (Å²) in [7, 11) is 0. The van der Waals surface area contributed by atoms with Crippen LogP contribution in [0.5, 0.6) is 0 Å². The van der Waals surface area contributed by atoms with Gasteiger partial charge in [-0.3, -0.25) is 24.5 Å². The Morgan fingerprint density at radius 3 is 2.27 bits per heavy atom. The van der Waals surface area contributed by atoms with Crippen LogP contribution in [0.15, 0.2) is 84.2 Å². The normalized spacial score (nSPS) is 19.3. The van der Waals surface area contributed by atoms with Gasteiger partial charge < -0.3 is 15.5 Å². The molecular formula is C35H35N5O4S. The maximum atomic E-state index is 13.1. The van der Waals surface area contributed by atoms with Crippen molar-refractivity contribution < 1.29 is 19.2 Å². The Kier molecular flexibility index (Phi) is 8.86. The number of likely N-dealkylation sites (tertiary alicyclic amines) is 1. The van der Waals surface area contributed by atoms with Gasteiger partial charge in [0.05, 0.1) is 12.1 Å². The van der Waals surface area contributed by atoms with Crippen molar-refractivity contribution >= 4 is 46.2 Å². The second-order valence-electron chi connectivity index (χ2n) is 11.5. The Labute approximate surface area is 266 Å². The summed E-state index contributed by atoms with van der Waals surface area (Å²) in [6, 6.07) is 24.1. The van der Waals surface area contributed by atoms with E-state index in [1.807, 2.05) is 84.2 Å². The van der Waals surface area contributed by atoms with E-state index in [0.717, 1.165) is 40.2 Å². The lowest BCUT2D eigenvalue weighted by Crippen LogP contribution is -2.55. The Bertz CT molecular complexity index is 1700. The molecule has 0 bridgehead atoms. The molecule has 4 aromatic rings. The highest BCUT2D eigenvalue weighted by Gasteiger charge is 2.45. The number of hydrogen-bond acceptors (Lipinski definition) is 7. The molecule has 10 heteroatoms. The fraction of sp³-hybridized carbons (Fsp3) is 0.286. The van der Waals surface area contributed by atoms with Gasteiger partial charge in [-0.05, 0) is 81.1 Å². The molecule has 9 nitrogen and oxygen atoms in total. The number of carbonyl (C=O) groups excluding carboxylic acids is 4. The van der Waals surface area contributed by atoms with Crippen molar-refractivity contribution in [2.24, 2.45) is 0 Å². The van der Waals surface area contributed by atoms with Gasteiger partial charge in [-0.2, -0.15) is 0 Å². The van der Waals surface area contributed by atoms with Gasteiger partial charge in [0.1, 0.15) is 11.0 Å². The first-order valence-electron chi connectivity index (χ1n) is 15.2. The highest BCUT2D eigenvalue weighted by Crippen LogP contribution is 2.31. The highest BCUT2D eigenvalue weighted by atomic mass is 32.1. The smallest absolute Gasteiger partial charge is 0.252 e. The van der Waals surface area contributed by atoms with E-state index in [1.165, 1.54) is 18.3 Å². The van der Waals surface area contributed by atoms with Crippen molar-refractivity contribution in [1.29, 1.82) is 0 Å². The summed E-state index contributed by atoms with van der Waals surface area (Å²) in [5, 5.41) is 11.8. The Hall–Kier alpha value is -4.67. The van der Waals surface area contributed by atoms with Crippen LogP contribution in [-0.4, -0.2) is 58.1 Å². The van der Waals surface area contributed by atoms with Crippen LogP contribution in [0.25, 0.3) is 21.8 Å². The number of amides is 3. The molecule has 0 aliphatic carbocycles. The van der Waals surface area contributed by atoms with E-state index in [0.29, 0.717) is 37.3 Å². The molecule has 0 saturated carbocycles. The topological polar surface area (TPSA) is 120 Å². The van der Waals surface area contributed by atoms with Crippen LogP contribution < -0.4 is 16.0 Å². The summed E-state index contributed by atoms with van der Waals surface area (Å²) in [4.78, 5) is 57.7. The van der Waals surface area contributed by atoms with E-state index in [9.17, 15) is 19.2 Å². The number of benzene rings is 3. The zero-order valence-electron chi connectivity index (χ0n) is 25.0. The average Bonchev–Trinajstić information content (AvgIpc) is 3.84. The van der Waals surface area contributed by atoms with Crippen LogP contribution in [0.3, 0.4) is 0 Å². The number of rotatable bonds is 9. The van der Waals surface area contributed by atoms with Crippen LogP contribution in [0.4, 0.5) is 11.4 Å². The van der Waals surface area contributed by atoms with E-state index in [1.54, 1.807) is 4.90 Å². The molecule has 3 N–H and O–H groups in total. The summed E-state index contributed by atoms with van der Waals surface area (Å²) in [6.07, 6.45) is 3.02. The minimum absolute atomic E-state index is 0.0318. The lowest BCUT2D eigenvalue weighted by molar-refractivity contribution is -0.136. The summed E-state index contributed by atoms with van der Waals surface area (Å²) >= 11 is 1.52. The molecule has 3 aromatic carbocycles. The molecular weight excluding hydrogens is 586 g/mol. The average molecular weight is 622 g/mol. The Balaban J connectivity index is 1.06. The van der Waals surface area contributed by atoms with Gasteiger partial charge in [0.2, 0.25) is 11.8 Å². The largest absolute Gasteiger partial charge is 0.330 e. The molecule has 6 rings (SSSR count). The fourth-order valence-corrected chi connectivity index (χ4v) is 6.87. The number of hydrogen-bond donors (Lipinski definition) is 3. The zero-order valence-corrected chi connectivity index (χ0v) is 25.9. The van der Waals surface area contributed by atoms with Crippen LogP contribution in [0.2, 0.25) is 0 Å². The van der Waals surface area contributed by atoms with Gasteiger partial charge in [-0.15, -0.1) is 11.3 Å². The van der Waals surface area contributed by atoms with E-state index in [2.05, 4.69) is 16.0 Å². The van der Waals surface area contributed by atoms with Gasteiger partial charge in [0.25, 0.3) is 5.91 Å². The Morgan fingerprint density at radius 1 is 0.911 bits per heavy atom. The molecule has 2 aliphatic rings. The van der Waals surface area contributed by atoms with Crippen molar-refractivity contribution in [3.63, 3.8) is 0 Å². The van der Waals surface area contributed by atoms with Gasteiger partial charge in [-0.25, -0.2) is 4.98 Å². The highest BCUT2D eigenvalue weighted by molar-refractivity contribution is 7.13. The second-order valence-corrected chi connectivity index (χ2v) is 12.4. The number of thiazole rings is 1. The maximum absolute atomic E-state index is 13.1. The van der Waals surface area contributed by atoms with Crippen LogP contribution in [0.1, 0.15) is 38.2 Å². The third-order valence-electron chi connectivity index (χ3n) is 8.56. The van der Waals surface area contributed by atoms with E-state index in [4.69, 9.17) is 4.98 Å². The number of nitrogens with zero attached hydrogens (tertiary/aromatic N) is 2. The third kappa shape index (κ3) is 6.57. The van der Waals surface area contributed by atoms with E-state index >= 15 is 0 Å². The minimum Gasteiger partial charge on any atom is -0.330 e. The van der Waals surface area contributed by atoms with Crippen molar-refractivity contribution in [1.82, 2.24) is 15.2 Å². The van der Waals surface area contributed by atoms with Crippen LogP contribution in [0, 0.1) is 0 Å². The lowest BCUT2D eigenvalue weighted by Gasteiger charge is -2.25. The van der Waals surface area contributed by atoms with Crippen molar-refractivity contribution in [3.05, 3.63) is 89.8 Å². The lowest BCUT2D eigenvalue weighted by atomic mass is 9.91. The zero-order chi connectivity index (χ0) is 31.4. The van der Waals surface area contributed by atoms with Gasteiger partial charge in [-0.1, -0.05) is 42.5 Å². The molecule has 2 saturated heterocycles. The first kappa shape index (κ1) is 30.4. The summed E-state index contributed by atoms with van der Waals surface area (Å²) in [6.45, 7) is 2.68. The van der Waals surface area contributed by atoms with Gasteiger partial charge in [0.15, 0.2) is 11.3 Å². The van der Waals surface area contributed by atoms with Crippen molar-refractivity contribution in [2.75, 3.05) is 23.7 Å². The fourth-order valence-electron chi connectivity index (χ4n) is 6.03.